The molecule has 0 saturated heterocycles. The number of hydrogen-bond acceptors (Lipinski definition) is 15. The van der Waals surface area contributed by atoms with Crippen LogP contribution in [0.5, 0.6) is 69.0 Å². The predicted molar refractivity (Wildman–Crippen MR) is 452 cm³/mol. The summed E-state index contributed by atoms with van der Waals surface area (Å²) >= 11 is 2.94. The van der Waals surface area contributed by atoms with Gasteiger partial charge in [-0.15, -0.1) is 0 Å². The lowest BCUT2D eigenvalue weighted by Gasteiger charge is -2.22. The van der Waals surface area contributed by atoms with Crippen molar-refractivity contribution in [1.82, 2.24) is 0 Å². The topological polar surface area (TPSA) is 204 Å². The lowest BCUT2D eigenvalue weighted by atomic mass is 10.1. The number of aliphatic carboxylic acids is 1. The molecule has 0 aromatic heterocycles. The second kappa shape index (κ2) is 55.2. The predicted octanol–water partition coefficient (Wildman–Crippen LogP) is 27.0. The molecule has 0 aliphatic heterocycles. The molecule has 0 amide bonds. The molecule has 29 heteroatoms. The highest BCUT2D eigenvalue weighted by atomic mass is 79.9. The summed E-state index contributed by atoms with van der Waals surface area (Å²) in [6.07, 6.45) is -22.2. The van der Waals surface area contributed by atoms with Crippen molar-refractivity contribution in [2.45, 2.75) is 161 Å². The number of aromatic hydroxyl groups is 2. The quantitative estimate of drug-likeness (QED) is 0.0227. The Kier molecular flexibility index (Phi) is 50.7. The molecule has 0 bridgehead atoms. The summed E-state index contributed by atoms with van der Waals surface area (Å²) in [5.41, 5.74) is -1.40. The van der Waals surface area contributed by atoms with Crippen molar-refractivity contribution in [2.75, 3.05) is 33.3 Å². The van der Waals surface area contributed by atoms with Gasteiger partial charge in [0.05, 0.1) is 47.6 Å². The number of carbonyl (C=O) groups excluding carboxylic acids is 2. The van der Waals surface area contributed by atoms with Gasteiger partial charge in [0.2, 0.25) is 0 Å². The number of ketones is 2. The average molecular weight is 1780 g/mol. The molecule has 0 spiro atoms. The summed E-state index contributed by atoms with van der Waals surface area (Å²) in [4.78, 5) is 32.8. The molecule has 16 nitrogen and oxygen atoms in total. The lowest BCUT2D eigenvalue weighted by molar-refractivity contribution is -0.188. The van der Waals surface area contributed by atoms with E-state index < -0.39 is 64.9 Å². The van der Waals surface area contributed by atoms with Gasteiger partial charge < -0.3 is 62.7 Å². The number of carbonyl (C=O) groups is 3. The van der Waals surface area contributed by atoms with Crippen molar-refractivity contribution in [2.24, 2.45) is 0 Å². The van der Waals surface area contributed by atoms with Gasteiger partial charge in [-0.05, 0) is 275 Å². The Hall–Kier alpha value is -11.8. The van der Waals surface area contributed by atoms with Crippen LogP contribution in [-0.4, -0.2) is 66.1 Å². The van der Waals surface area contributed by atoms with E-state index in [1.165, 1.54) is 135 Å². The third-order valence-electron chi connectivity index (χ3n) is 14.6. The van der Waals surface area contributed by atoms with Crippen molar-refractivity contribution in [3.8, 4) is 69.0 Å². The van der Waals surface area contributed by atoms with E-state index in [9.17, 15) is 77.3 Å². The number of Topliss-reactive ketones (excluding diaryl/α,β-unsaturated/α-hetero) is 2. The minimum absolute atomic E-state index is 0.127. The fourth-order valence-corrected chi connectivity index (χ4v) is 8.53. The molecule has 664 valence electrons. The van der Waals surface area contributed by atoms with Gasteiger partial charge in [-0.2, -0.15) is 52.7 Å². The SMILES string of the molecule is C=C(C)C(=O)COc1ccc(C(F)(F)Oc2ccc(OC(F)(F)c3ccc(OCC(=O)C(=C)C)cc3)c(C)c2)cc1.C=C(C)C(=O)O.CBr.CC.CC.CC.CC.CC.CC.COc1ccc(C(F)(F)Oc2ccc(OC(F)(F)c3ccc(OC)cc3)c(C)c2)cc1.Cc1cc(OC(F)(F)c2ccc(O)cc2)ccc1OC(F)(F)c1ccc(O)cc1. The Labute approximate surface area is 710 Å². The summed E-state index contributed by atoms with van der Waals surface area (Å²) in [6, 6.07) is 38.3. The third-order valence-corrected chi connectivity index (χ3v) is 14.6. The Bertz CT molecular complexity index is 4540. The fourth-order valence-electron chi connectivity index (χ4n) is 8.53. The van der Waals surface area contributed by atoms with Gasteiger partial charge in [0, 0.05) is 5.57 Å². The first-order valence-electron chi connectivity index (χ1n) is 37.7. The summed E-state index contributed by atoms with van der Waals surface area (Å²) in [6.45, 7) is 42.4. The minimum Gasteiger partial charge on any atom is -0.508 e. The molecule has 0 aliphatic rings. The molecule has 0 radical (unpaired) electrons. The minimum atomic E-state index is -3.76. The smallest absolute Gasteiger partial charge is 0.426 e. The monoisotopic (exact) mass is 1780 g/mol. The largest absolute Gasteiger partial charge is 0.508 e. The van der Waals surface area contributed by atoms with Crippen LogP contribution in [0.15, 0.2) is 237 Å². The molecular formula is C92H109BrF12O16. The van der Waals surface area contributed by atoms with E-state index in [4.69, 9.17) is 52.5 Å². The first-order chi connectivity index (χ1) is 57.0. The van der Waals surface area contributed by atoms with Gasteiger partial charge in [0.1, 0.15) is 69.0 Å². The Balaban J connectivity index is 0. The first-order valence-corrected chi connectivity index (χ1v) is 39.3. The van der Waals surface area contributed by atoms with Crippen molar-refractivity contribution in [1.29, 1.82) is 0 Å². The second-order valence-electron chi connectivity index (χ2n) is 23.2. The number of ether oxygens (including phenoxy) is 10. The summed E-state index contributed by atoms with van der Waals surface area (Å²) in [5.74, 6) is -0.191. The number of carboxylic acids is 1. The van der Waals surface area contributed by atoms with E-state index in [1.54, 1.807) is 0 Å². The number of alkyl halides is 13. The second-order valence-corrected chi connectivity index (χ2v) is 23.2. The van der Waals surface area contributed by atoms with Crippen LogP contribution in [0.25, 0.3) is 0 Å². The molecule has 0 atom stereocenters. The van der Waals surface area contributed by atoms with Crippen LogP contribution in [0, 0.1) is 20.8 Å². The Morgan fingerprint density at radius 2 is 0.479 bits per heavy atom. The van der Waals surface area contributed by atoms with Crippen LogP contribution >= 0.6 is 15.9 Å². The molecule has 0 saturated carbocycles. The molecule has 3 N–H and O–H groups in total. The maximum absolute atomic E-state index is 14.8. The number of halogens is 13. The van der Waals surface area contributed by atoms with Crippen LogP contribution in [0.2, 0.25) is 0 Å². The lowest BCUT2D eigenvalue weighted by Crippen LogP contribution is -2.23. The Morgan fingerprint density at radius 1 is 0.306 bits per heavy atom. The fraction of sp³-hybridized carbons (Fsp3) is 0.315. The number of rotatable bonds is 29. The van der Waals surface area contributed by atoms with Gasteiger partial charge >= 0.3 is 42.6 Å². The number of phenolic OH excluding ortho intramolecular Hbond substituents is 2. The van der Waals surface area contributed by atoms with E-state index in [0.29, 0.717) is 22.6 Å². The third kappa shape index (κ3) is 38.0. The van der Waals surface area contributed by atoms with E-state index in [1.807, 2.05) is 88.9 Å². The maximum atomic E-state index is 14.8. The molecule has 9 rings (SSSR count). The molecule has 0 fully saturated rings. The van der Waals surface area contributed by atoms with Crippen molar-refractivity contribution in [3.63, 3.8) is 0 Å². The number of aryl methyl sites for hydroxylation is 3. The molecule has 9 aromatic rings. The van der Waals surface area contributed by atoms with Gasteiger partial charge in [0.15, 0.2) is 24.8 Å². The zero-order valence-electron chi connectivity index (χ0n) is 71.7. The zero-order valence-corrected chi connectivity index (χ0v) is 73.2. The molecule has 9 aromatic carbocycles. The van der Waals surface area contributed by atoms with Crippen molar-refractivity contribution >= 4 is 33.5 Å². The van der Waals surface area contributed by atoms with E-state index in [2.05, 4.69) is 35.7 Å². The van der Waals surface area contributed by atoms with Crippen molar-refractivity contribution < 1.29 is 130 Å². The van der Waals surface area contributed by atoms with Crippen LogP contribution < -0.4 is 47.4 Å². The molecule has 121 heavy (non-hydrogen) atoms. The van der Waals surface area contributed by atoms with Crippen LogP contribution in [-0.2, 0) is 51.0 Å². The highest BCUT2D eigenvalue weighted by Gasteiger charge is 2.41. The van der Waals surface area contributed by atoms with Crippen LogP contribution in [0.1, 0.15) is 154 Å². The average Bonchev–Trinajstić information content (AvgIpc) is 0.814. The van der Waals surface area contributed by atoms with Gasteiger partial charge in [-0.3, -0.25) is 9.59 Å². The normalized spacial score (nSPS) is 10.4. The summed E-state index contributed by atoms with van der Waals surface area (Å²) in [5, 5.41) is 26.3. The van der Waals surface area contributed by atoms with Crippen molar-refractivity contribution in [3.05, 3.63) is 287 Å². The number of phenols is 2. The summed E-state index contributed by atoms with van der Waals surface area (Å²) < 4.78 is 223. The number of hydrogen-bond donors (Lipinski definition) is 3. The highest BCUT2D eigenvalue weighted by molar-refractivity contribution is 9.08. The first kappa shape index (κ1) is 111. The maximum Gasteiger partial charge on any atom is 0.426 e. The van der Waals surface area contributed by atoms with Crippen LogP contribution in [0.4, 0.5) is 52.7 Å². The van der Waals surface area contributed by atoms with Gasteiger partial charge in [-0.25, -0.2) is 4.79 Å². The highest BCUT2D eigenvalue weighted by Crippen LogP contribution is 2.42. The molecule has 0 aliphatic carbocycles. The number of methoxy groups -OCH3 is 2. The standard InChI is InChI=1S/C31H28F4O6.C23H20F4O4.C21H16F4O4.C4H6O2.6C2H6.CH3Br/c1-19(2)27(36)17-38-24-10-6-22(7-11-24)30(32,33)40-26-14-15-29(21(5)16-26)41-31(34,35)23-8-12-25(13-9-23)39-18-28(37)20(3)4;1-15-14-20(30-22(24,25)16-4-8-18(28-2)9-5-16)12-13-21(15)31-23(26,27)17-6-10-19(29-3)11-7-17;1-13-12-18(28-20(22,23)14-2-6-16(26)7-3-14)10-11-19(13)29-21(24,25)15-4-8-17(27)9-5-15;1-3(2)4(5)6;7*1-2/h6-16H,1,3,17-18H2,2,4-5H3;4-14H,1-3H3;2-12,26-27H,1H3;1H2,2H3,(H,5,6);6*1-2H3;1H3. The number of benzene rings is 9. The van der Waals surface area contributed by atoms with Gasteiger partial charge in [0.25, 0.3) is 0 Å². The van der Waals surface area contributed by atoms with Crippen LogP contribution in [0.3, 0.4) is 0 Å². The molecule has 0 unspecified atom stereocenters. The number of carboxylic acid groups (broad SMARTS) is 1. The van der Waals surface area contributed by atoms with Gasteiger partial charge in [-0.1, -0.05) is 119 Å². The van der Waals surface area contributed by atoms with E-state index in [0.717, 1.165) is 121 Å². The Morgan fingerprint density at radius 3 is 0.653 bits per heavy atom. The summed E-state index contributed by atoms with van der Waals surface area (Å²) in [7, 11) is 2.85. The molecule has 0 heterocycles. The van der Waals surface area contributed by atoms with E-state index in [-0.39, 0.29) is 116 Å². The van der Waals surface area contributed by atoms with E-state index >= 15 is 0 Å². The zero-order chi connectivity index (χ0) is 93.4. The molecular weight excluding hydrogens is 1670 g/mol.